The molecule has 0 atom stereocenters. The number of hydrogen-bond acceptors (Lipinski definition) is 4. The second-order valence-corrected chi connectivity index (χ2v) is 4.48. The van der Waals surface area contributed by atoms with E-state index in [9.17, 15) is 4.79 Å². The van der Waals surface area contributed by atoms with Crippen molar-refractivity contribution < 1.29 is 4.79 Å². The first-order chi connectivity index (χ1) is 7.24. The van der Waals surface area contributed by atoms with Crippen LogP contribution in [0.4, 0.5) is 0 Å². The van der Waals surface area contributed by atoms with Crippen molar-refractivity contribution >= 4 is 34.2 Å². The monoisotopic (exact) mass is 241 g/mol. The Morgan fingerprint density at radius 2 is 2.13 bits per heavy atom. The molecule has 6 heteroatoms. The van der Waals surface area contributed by atoms with Crippen molar-refractivity contribution in [2.45, 2.75) is 6.92 Å². The maximum Gasteiger partial charge on any atom is 0.269 e. The van der Waals surface area contributed by atoms with Gasteiger partial charge in [-0.25, -0.2) is 0 Å². The average Bonchev–Trinajstić information content (AvgIpc) is 2.27. The highest BCUT2D eigenvalue weighted by Gasteiger charge is 2.04. The van der Waals surface area contributed by atoms with E-state index in [1.165, 1.54) is 11.8 Å². The zero-order valence-corrected chi connectivity index (χ0v) is 9.82. The lowest BCUT2D eigenvalue weighted by Crippen LogP contribution is -2.39. The van der Waals surface area contributed by atoms with E-state index in [1.807, 2.05) is 6.92 Å². The first kappa shape index (κ1) is 11.9. The number of carbonyl (C=O) groups is 1. The molecule has 1 aromatic rings. The van der Waals surface area contributed by atoms with Crippen LogP contribution in [-0.4, -0.2) is 21.0 Å². The molecule has 0 fully saturated rings. The summed E-state index contributed by atoms with van der Waals surface area (Å²) < 4.78 is 0.555. The summed E-state index contributed by atoms with van der Waals surface area (Å²) in [4.78, 5) is 15.3. The van der Waals surface area contributed by atoms with Crippen LogP contribution in [0, 0.1) is 0 Å². The molecule has 1 aromatic heterocycles. The number of carbonyl (C=O) groups excluding carboxylic acids is 1. The molecule has 0 saturated heterocycles. The lowest BCUT2D eigenvalue weighted by atomic mass is 10.3. The molecule has 1 rings (SSSR count). The van der Waals surface area contributed by atoms with Gasteiger partial charge in [0.15, 0.2) is 4.32 Å². The van der Waals surface area contributed by atoms with Gasteiger partial charge in [-0.2, -0.15) is 0 Å². The second kappa shape index (κ2) is 6.36. The molecular weight excluding hydrogens is 230 g/mol. The van der Waals surface area contributed by atoms with Gasteiger partial charge in [0.2, 0.25) is 0 Å². The quantitative estimate of drug-likeness (QED) is 0.605. The van der Waals surface area contributed by atoms with Gasteiger partial charge in [-0.15, -0.1) is 0 Å². The third-order valence-electron chi connectivity index (χ3n) is 1.50. The molecule has 0 aliphatic heterocycles. The molecule has 0 radical (unpaired) electrons. The Morgan fingerprint density at radius 3 is 2.73 bits per heavy atom. The summed E-state index contributed by atoms with van der Waals surface area (Å²) in [5.41, 5.74) is 5.70. The Hall–Kier alpha value is -1.14. The Kier molecular flexibility index (Phi) is 5.06. The van der Waals surface area contributed by atoms with Gasteiger partial charge in [-0.05, 0) is 17.9 Å². The van der Waals surface area contributed by atoms with Crippen molar-refractivity contribution in [3.63, 3.8) is 0 Å². The van der Waals surface area contributed by atoms with E-state index in [-0.39, 0.29) is 5.91 Å². The molecule has 0 bridgehead atoms. The average molecular weight is 241 g/mol. The number of pyridine rings is 1. The predicted molar refractivity (Wildman–Crippen MR) is 65.6 cm³/mol. The van der Waals surface area contributed by atoms with Crippen LogP contribution in [0.25, 0.3) is 0 Å². The number of nitrogens with one attached hydrogen (secondary N) is 2. The summed E-state index contributed by atoms with van der Waals surface area (Å²) in [7, 11) is 0. The summed E-state index contributed by atoms with van der Waals surface area (Å²) >= 11 is 6.41. The minimum Gasteiger partial charge on any atom is -0.283 e. The molecule has 2 N–H and O–H groups in total. The summed E-state index contributed by atoms with van der Waals surface area (Å²) in [6, 6.07) is 3.26. The van der Waals surface area contributed by atoms with E-state index in [4.69, 9.17) is 12.2 Å². The van der Waals surface area contributed by atoms with Crippen LogP contribution in [0.1, 0.15) is 17.3 Å². The molecule has 1 amide bonds. The summed E-state index contributed by atoms with van der Waals surface area (Å²) in [6.45, 7) is 1.99. The van der Waals surface area contributed by atoms with Gasteiger partial charge in [0, 0.05) is 18.0 Å². The van der Waals surface area contributed by atoms with E-state index in [0.717, 1.165) is 5.75 Å². The summed E-state index contributed by atoms with van der Waals surface area (Å²) in [6.07, 6.45) is 3.13. The van der Waals surface area contributed by atoms with Crippen molar-refractivity contribution in [2.75, 3.05) is 5.75 Å². The molecule has 80 valence electrons. The molecule has 1 heterocycles. The third kappa shape index (κ3) is 4.26. The van der Waals surface area contributed by atoms with E-state index in [1.54, 1.807) is 24.5 Å². The Labute approximate surface area is 97.8 Å². The van der Waals surface area contributed by atoms with E-state index in [2.05, 4.69) is 15.8 Å². The van der Waals surface area contributed by atoms with Gasteiger partial charge in [0.1, 0.15) is 0 Å². The van der Waals surface area contributed by atoms with Crippen molar-refractivity contribution in [3.05, 3.63) is 30.1 Å². The molecular formula is C9H11N3OS2. The van der Waals surface area contributed by atoms with Crippen LogP contribution in [0.2, 0.25) is 0 Å². The number of hydrazine groups is 1. The molecule has 0 saturated carbocycles. The minimum absolute atomic E-state index is 0.226. The van der Waals surface area contributed by atoms with Crippen LogP contribution in [0.5, 0.6) is 0 Å². The zero-order chi connectivity index (χ0) is 11.1. The van der Waals surface area contributed by atoms with Crippen LogP contribution >= 0.6 is 24.0 Å². The Bertz CT molecular complexity index is 342. The first-order valence-electron chi connectivity index (χ1n) is 4.37. The number of nitrogens with zero attached hydrogens (tertiary/aromatic N) is 1. The molecule has 4 nitrogen and oxygen atoms in total. The Morgan fingerprint density at radius 1 is 1.47 bits per heavy atom. The molecule has 0 spiro atoms. The van der Waals surface area contributed by atoms with E-state index in [0.29, 0.717) is 9.88 Å². The van der Waals surface area contributed by atoms with Crippen LogP contribution in [0.3, 0.4) is 0 Å². The number of thiocarbonyl (C=S) groups is 1. The predicted octanol–water partition coefficient (Wildman–Crippen LogP) is 1.35. The number of aromatic nitrogens is 1. The van der Waals surface area contributed by atoms with E-state index >= 15 is 0 Å². The Balaban J connectivity index is 2.40. The molecule has 0 aromatic carbocycles. The van der Waals surface area contributed by atoms with Crippen molar-refractivity contribution in [3.8, 4) is 0 Å². The normalized spacial score (nSPS) is 9.40. The highest BCUT2D eigenvalue weighted by molar-refractivity contribution is 8.22. The molecule has 0 aliphatic rings. The topological polar surface area (TPSA) is 54.0 Å². The first-order valence-corrected chi connectivity index (χ1v) is 5.76. The number of amides is 1. The fourth-order valence-corrected chi connectivity index (χ4v) is 1.64. The number of hydrogen-bond donors (Lipinski definition) is 2. The van der Waals surface area contributed by atoms with Crippen LogP contribution in [0.15, 0.2) is 24.5 Å². The fourth-order valence-electron chi connectivity index (χ4n) is 0.850. The third-order valence-corrected chi connectivity index (χ3v) is 2.60. The number of rotatable bonds is 2. The van der Waals surface area contributed by atoms with Crippen molar-refractivity contribution in [1.82, 2.24) is 15.8 Å². The maximum absolute atomic E-state index is 11.5. The summed E-state index contributed by atoms with van der Waals surface area (Å²) in [5, 5.41) is 0. The highest BCUT2D eigenvalue weighted by Crippen LogP contribution is 1.99. The van der Waals surface area contributed by atoms with Gasteiger partial charge in [-0.3, -0.25) is 20.6 Å². The minimum atomic E-state index is -0.226. The zero-order valence-electron chi connectivity index (χ0n) is 8.19. The smallest absolute Gasteiger partial charge is 0.269 e. The summed E-state index contributed by atoms with van der Waals surface area (Å²) in [5.74, 6) is 0.646. The number of thioether (sulfide) groups is 1. The standard InChI is InChI=1S/C9H11N3OS2/c1-2-15-9(14)12-11-8(13)7-3-5-10-6-4-7/h3-6H,2H2,1H3,(H,11,13)(H,12,14). The lowest BCUT2D eigenvalue weighted by molar-refractivity contribution is 0.0944. The van der Waals surface area contributed by atoms with Crippen molar-refractivity contribution in [1.29, 1.82) is 0 Å². The molecule has 0 unspecified atom stereocenters. The SMILES string of the molecule is CCSC(=S)NNC(=O)c1ccncc1. The fraction of sp³-hybridized carbons (Fsp3) is 0.222. The molecule has 0 aliphatic carbocycles. The molecule has 15 heavy (non-hydrogen) atoms. The van der Waals surface area contributed by atoms with Gasteiger partial charge < -0.3 is 0 Å². The van der Waals surface area contributed by atoms with Crippen molar-refractivity contribution in [2.24, 2.45) is 0 Å². The lowest BCUT2D eigenvalue weighted by Gasteiger charge is -2.07. The van der Waals surface area contributed by atoms with Crippen LogP contribution < -0.4 is 10.9 Å². The largest absolute Gasteiger partial charge is 0.283 e. The van der Waals surface area contributed by atoms with Crippen LogP contribution in [-0.2, 0) is 0 Å². The van der Waals surface area contributed by atoms with E-state index < -0.39 is 0 Å². The second-order valence-electron chi connectivity index (χ2n) is 2.54. The van der Waals surface area contributed by atoms with Gasteiger partial charge in [0.25, 0.3) is 5.91 Å². The van der Waals surface area contributed by atoms with Gasteiger partial charge >= 0.3 is 0 Å². The maximum atomic E-state index is 11.5. The highest BCUT2D eigenvalue weighted by atomic mass is 32.2. The van der Waals surface area contributed by atoms with Gasteiger partial charge in [-0.1, -0.05) is 30.9 Å². The van der Waals surface area contributed by atoms with Gasteiger partial charge in [0.05, 0.1) is 0 Å².